The topological polar surface area (TPSA) is 127 Å². The number of likely N-dealkylation sites (tertiary alicyclic amines) is 1. The Balaban J connectivity index is 1.73. The van der Waals surface area contributed by atoms with E-state index >= 15 is 0 Å². The summed E-state index contributed by atoms with van der Waals surface area (Å²) in [6.45, 7) is 1.17. The Morgan fingerprint density at radius 2 is 2.20 bits per heavy atom. The van der Waals surface area contributed by atoms with Crippen LogP contribution in [0.4, 0.5) is 0 Å². The second-order valence-electron chi connectivity index (χ2n) is 6.50. The molecule has 0 aromatic carbocycles. The summed E-state index contributed by atoms with van der Waals surface area (Å²) >= 11 is 0. The number of aromatic nitrogens is 2. The third-order valence-electron chi connectivity index (χ3n) is 4.78. The monoisotopic (exact) mass is 349 g/mol. The van der Waals surface area contributed by atoms with Gasteiger partial charge in [0, 0.05) is 19.2 Å². The number of hydrogen-bond donors (Lipinski definition) is 4. The minimum atomic E-state index is -1.01. The number of imidazole rings is 1. The number of nitrogens with zero attached hydrogens (tertiary/aromatic N) is 2. The minimum absolute atomic E-state index is 0.225. The van der Waals surface area contributed by atoms with E-state index in [9.17, 15) is 19.5 Å². The van der Waals surface area contributed by atoms with E-state index in [0.29, 0.717) is 25.1 Å². The molecule has 1 aromatic heterocycles. The van der Waals surface area contributed by atoms with Gasteiger partial charge in [0.1, 0.15) is 12.1 Å². The summed E-state index contributed by atoms with van der Waals surface area (Å²) in [5, 5.41) is 15.2. The van der Waals surface area contributed by atoms with Gasteiger partial charge >= 0.3 is 5.97 Å². The molecule has 0 radical (unpaired) electrons. The Bertz CT molecular complexity index is 626. The molecule has 0 spiro atoms. The fourth-order valence-electron chi connectivity index (χ4n) is 3.48. The molecule has 2 aliphatic heterocycles. The number of H-pyrrole nitrogens is 1. The minimum Gasteiger partial charge on any atom is -0.480 e. The van der Waals surface area contributed by atoms with Gasteiger partial charge in [-0.15, -0.1) is 0 Å². The second kappa shape index (κ2) is 7.64. The molecule has 25 heavy (non-hydrogen) atoms. The van der Waals surface area contributed by atoms with Crippen molar-refractivity contribution < 1.29 is 19.5 Å². The van der Waals surface area contributed by atoms with Gasteiger partial charge in [0.05, 0.1) is 18.1 Å². The van der Waals surface area contributed by atoms with Crippen molar-refractivity contribution in [2.75, 3.05) is 13.1 Å². The van der Waals surface area contributed by atoms with Crippen molar-refractivity contribution in [3.8, 4) is 0 Å². The summed E-state index contributed by atoms with van der Waals surface area (Å²) in [6.07, 6.45) is 6.14. The molecule has 2 amide bonds. The van der Waals surface area contributed by atoms with E-state index in [1.54, 1.807) is 6.20 Å². The largest absolute Gasteiger partial charge is 0.480 e. The molecule has 0 saturated carbocycles. The van der Waals surface area contributed by atoms with Gasteiger partial charge in [-0.3, -0.25) is 9.59 Å². The third-order valence-corrected chi connectivity index (χ3v) is 4.78. The van der Waals surface area contributed by atoms with Crippen LogP contribution in [0.2, 0.25) is 0 Å². The molecule has 2 saturated heterocycles. The zero-order chi connectivity index (χ0) is 17.8. The van der Waals surface area contributed by atoms with Gasteiger partial charge in [-0.25, -0.2) is 9.78 Å². The summed E-state index contributed by atoms with van der Waals surface area (Å²) in [4.78, 5) is 45.0. The van der Waals surface area contributed by atoms with Crippen molar-refractivity contribution in [1.29, 1.82) is 0 Å². The predicted octanol–water partition coefficient (Wildman–Crippen LogP) is -0.735. The van der Waals surface area contributed by atoms with Crippen molar-refractivity contribution in [1.82, 2.24) is 25.5 Å². The predicted molar refractivity (Wildman–Crippen MR) is 87.6 cm³/mol. The number of aliphatic carboxylic acids is 1. The number of hydrogen-bond acceptors (Lipinski definition) is 5. The lowest BCUT2D eigenvalue weighted by atomic mass is 10.1. The highest BCUT2D eigenvalue weighted by Gasteiger charge is 2.38. The maximum absolute atomic E-state index is 12.9. The SMILES string of the molecule is O=C(N[C@@H](Cc1c[nH]cn1)C(=O)N1CCC[C@H]1C(=O)O)[C@@H]1CCCN1. The van der Waals surface area contributed by atoms with E-state index in [4.69, 9.17) is 0 Å². The Kier molecular flexibility index (Phi) is 5.32. The summed E-state index contributed by atoms with van der Waals surface area (Å²) in [5.74, 6) is -1.59. The maximum Gasteiger partial charge on any atom is 0.326 e. The molecule has 4 N–H and O–H groups in total. The van der Waals surface area contributed by atoms with Gasteiger partial charge in [0.25, 0.3) is 0 Å². The standard InChI is InChI=1S/C16H23N5O4/c22-14(11-3-1-5-18-11)20-12(7-10-8-17-9-19-10)15(23)21-6-2-4-13(21)16(24)25/h8-9,11-13,18H,1-7H2,(H,17,19)(H,20,22)(H,24,25)/t11-,12-,13-/m0/s1. The molecule has 9 heteroatoms. The van der Waals surface area contributed by atoms with Gasteiger partial charge in [-0.05, 0) is 32.2 Å². The Morgan fingerprint density at radius 3 is 2.84 bits per heavy atom. The van der Waals surface area contributed by atoms with E-state index < -0.39 is 18.1 Å². The van der Waals surface area contributed by atoms with Gasteiger partial charge in [0.15, 0.2) is 0 Å². The highest BCUT2D eigenvalue weighted by molar-refractivity contribution is 5.92. The van der Waals surface area contributed by atoms with Crippen molar-refractivity contribution in [2.24, 2.45) is 0 Å². The average Bonchev–Trinajstić information content (AvgIpc) is 3.33. The van der Waals surface area contributed by atoms with E-state index in [1.807, 2.05) is 0 Å². The van der Waals surface area contributed by atoms with Crippen molar-refractivity contribution in [3.63, 3.8) is 0 Å². The van der Waals surface area contributed by atoms with Crippen LogP contribution < -0.4 is 10.6 Å². The number of carboxylic acid groups (broad SMARTS) is 1. The normalized spacial score (nSPS) is 24.2. The van der Waals surface area contributed by atoms with Crippen molar-refractivity contribution in [3.05, 3.63) is 18.2 Å². The summed E-state index contributed by atoms with van der Waals surface area (Å²) in [7, 11) is 0. The number of carbonyl (C=O) groups is 3. The lowest BCUT2D eigenvalue weighted by Crippen LogP contribution is -2.55. The smallest absolute Gasteiger partial charge is 0.326 e. The fourth-order valence-corrected chi connectivity index (χ4v) is 3.48. The molecule has 9 nitrogen and oxygen atoms in total. The van der Waals surface area contributed by atoms with E-state index in [2.05, 4.69) is 20.6 Å². The first-order chi connectivity index (χ1) is 12.1. The zero-order valence-electron chi connectivity index (χ0n) is 13.9. The maximum atomic E-state index is 12.9. The lowest BCUT2D eigenvalue weighted by Gasteiger charge is -2.27. The Labute approximate surface area is 145 Å². The summed E-state index contributed by atoms with van der Waals surface area (Å²) in [5.41, 5.74) is 0.643. The van der Waals surface area contributed by atoms with Gasteiger partial charge < -0.3 is 25.6 Å². The van der Waals surface area contributed by atoms with Crippen LogP contribution in [0.25, 0.3) is 0 Å². The quantitative estimate of drug-likeness (QED) is 0.536. The van der Waals surface area contributed by atoms with Crippen LogP contribution in [0, 0.1) is 0 Å². The van der Waals surface area contributed by atoms with Crippen LogP contribution in [0.5, 0.6) is 0 Å². The molecular weight excluding hydrogens is 326 g/mol. The molecule has 2 fully saturated rings. The van der Waals surface area contributed by atoms with Crippen LogP contribution in [-0.2, 0) is 20.8 Å². The van der Waals surface area contributed by atoms with Crippen molar-refractivity contribution >= 4 is 17.8 Å². The van der Waals surface area contributed by atoms with Crippen LogP contribution in [0.1, 0.15) is 31.4 Å². The van der Waals surface area contributed by atoms with Gasteiger partial charge in [-0.1, -0.05) is 0 Å². The van der Waals surface area contributed by atoms with Gasteiger partial charge in [0.2, 0.25) is 11.8 Å². The fraction of sp³-hybridized carbons (Fsp3) is 0.625. The molecule has 0 unspecified atom stereocenters. The molecule has 3 rings (SSSR count). The van der Waals surface area contributed by atoms with E-state index in [0.717, 1.165) is 19.4 Å². The average molecular weight is 349 g/mol. The van der Waals surface area contributed by atoms with Crippen LogP contribution in [-0.4, -0.2) is 69.0 Å². The number of aromatic amines is 1. The zero-order valence-corrected chi connectivity index (χ0v) is 13.9. The van der Waals surface area contributed by atoms with Crippen LogP contribution in [0.15, 0.2) is 12.5 Å². The Hall–Kier alpha value is -2.42. The van der Waals surface area contributed by atoms with Crippen molar-refractivity contribution in [2.45, 2.75) is 50.2 Å². The lowest BCUT2D eigenvalue weighted by molar-refractivity contribution is -0.149. The second-order valence-corrected chi connectivity index (χ2v) is 6.50. The molecule has 0 aliphatic carbocycles. The highest BCUT2D eigenvalue weighted by atomic mass is 16.4. The Morgan fingerprint density at radius 1 is 1.36 bits per heavy atom. The van der Waals surface area contributed by atoms with E-state index in [-0.39, 0.29) is 24.3 Å². The molecule has 3 heterocycles. The first kappa shape index (κ1) is 17.4. The first-order valence-corrected chi connectivity index (χ1v) is 8.61. The number of amides is 2. The van der Waals surface area contributed by atoms with Crippen LogP contribution in [0.3, 0.4) is 0 Å². The molecular formula is C16H23N5O4. The molecule has 136 valence electrons. The number of carboxylic acids is 1. The van der Waals surface area contributed by atoms with Gasteiger partial charge in [-0.2, -0.15) is 0 Å². The molecule has 2 aliphatic rings. The molecule has 0 bridgehead atoms. The molecule has 1 aromatic rings. The highest BCUT2D eigenvalue weighted by Crippen LogP contribution is 2.19. The number of carbonyl (C=O) groups excluding carboxylic acids is 2. The van der Waals surface area contributed by atoms with E-state index in [1.165, 1.54) is 11.2 Å². The third kappa shape index (κ3) is 3.98. The summed E-state index contributed by atoms with van der Waals surface area (Å²) < 4.78 is 0. The summed E-state index contributed by atoms with van der Waals surface area (Å²) in [6, 6.07) is -1.95. The number of rotatable bonds is 6. The van der Waals surface area contributed by atoms with Crippen LogP contribution >= 0.6 is 0 Å². The number of nitrogens with one attached hydrogen (secondary N) is 3. The first-order valence-electron chi connectivity index (χ1n) is 8.61. The molecule has 3 atom stereocenters.